The first kappa shape index (κ1) is 12.7. The molecule has 1 aromatic heterocycles. The molecule has 1 amide bonds. The second-order valence-electron chi connectivity index (χ2n) is 4.19. The molecule has 94 valence electrons. The molecule has 0 spiro atoms. The van der Waals surface area contributed by atoms with Crippen LogP contribution in [0.1, 0.15) is 22.8 Å². The van der Waals surface area contributed by atoms with Gasteiger partial charge in [-0.1, -0.05) is 23.7 Å². The minimum absolute atomic E-state index is 0.0198. The molecule has 0 aliphatic rings. The molecule has 3 nitrogen and oxygen atoms in total. The van der Waals surface area contributed by atoms with E-state index in [1.54, 1.807) is 36.8 Å². The number of furan rings is 1. The first-order valence-corrected chi connectivity index (χ1v) is 6.11. The zero-order valence-electron chi connectivity index (χ0n) is 10.0. The van der Waals surface area contributed by atoms with Crippen molar-refractivity contribution < 1.29 is 9.21 Å². The molecular weight excluding hydrogens is 250 g/mol. The van der Waals surface area contributed by atoms with Crippen LogP contribution in [0.2, 0.25) is 5.02 Å². The number of carbonyl (C=O) groups excluding carboxylic acids is 1. The molecule has 0 unspecified atom stereocenters. The Morgan fingerprint density at radius 1 is 1.39 bits per heavy atom. The van der Waals surface area contributed by atoms with Gasteiger partial charge in [0.25, 0.3) is 5.91 Å². The Balaban J connectivity index is 1.97. The van der Waals surface area contributed by atoms with Crippen LogP contribution < -0.4 is 5.32 Å². The van der Waals surface area contributed by atoms with Gasteiger partial charge in [-0.05, 0) is 37.1 Å². The summed E-state index contributed by atoms with van der Waals surface area (Å²) in [5, 5.41) is 3.37. The van der Waals surface area contributed by atoms with E-state index in [9.17, 15) is 4.79 Å². The summed E-state index contributed by atoms with van der Waals surface area (Å²) in [5.41, 5.74) is 1.56. The zero-order chi connectivity index (χ0) is 13.0. The van der Waals surface area contributed by atoms with Gasteiger partial charge in [0.05, 0.1) is 23.1 Å². The van der Waals surface area contributed by atoms with Crippen LogP contribution in [0.5, 0.6) is 0 Å². The SMILES string of the molecule is C[C@H](Cc1ccoc1)NC(=O)c1ccccc1Cl. The van der Waals surface area contributed by atoms with Crippen molar-refractivity contribution in [1.82, 2.24) is 5.32 Å². The van der Waals surface area contributed by atoms with Crippen LogP contribution >= 0.6 is 11.6 Å². The molecule has 0 saturated carbocycles. The number of hydrogen-bond donors (Lipinski definition) is 1. The van der Waals surface area contributed by atoms with Crippen LogP contribution in [0.15, 0.2) is 47.3 Å². The molecule has 0 fully saturated rings. The maximum atomic E-state index is 12.0. The Morgan fingerprint density at radius 3 is 2.83 bits per heavy atom. The quantitative estimate of drug-likeness (QED) is 0.920. The summed E-state index contributed by atoms with van der Waals surface area (Å²) in [6, 6.07) is 8.92. The van der Waals surface area contributed by atoms with E-state index >= 15 is 0 Å². The highest BCUT2D eigenvalue weighted by Crippen LogP contribution is 2.15. The molecular formula is C14H14ClNO2. The lowest BCUT2D eigenvalue weighted by Gasteiger charge is -2.13. The number of nitrogens with one attached hydrogen (secondary N) is 1. The van der Waals surface area contributed by atoms with Crippen molar-refractivity contribution in [3.8, 4) is 0 Å². The first-order chi connectivity index (χ1) is 8.66. The lowest BCUT2D eigenvalue weighted by Crippen LogP contribution is -2.34. The average molecular weight is 264 g/mol. The summed E-state index contributed by atoms with van der Waals surface area (Å²) in [4.78, 5) is 12.0. The van der Waals surface area contributed by atoms with Crippen molar-refractivity contribution in [1.29, 1.82) is 0 Å². The third kappa shape index (κ3) is 3.14. The van der Waals surface area contributed by atoms with Crippen molar-refractivity contribution in [2.24, 2.45) is 0 Å². The Kier molecular flexibility index (Phi) is 4.05. The smallest absolute Gasteiger partial charge is 0.253 e. The van der Waals surface area contributed by atoms with Crippen LogP contribution in [-0.2, 0) is 6.42 Å². The molecule has 0 aliphatic heterocycles. The van der Waals surface area contributed by atoms with Gasteiger partial charge in [0.1, 0.15) is 0 Å². The Bertz CT molecular complexity index is 522. The van der Waals surface area contributed by atoms with Gasteiger partial charge >= 0.3 is 0 Å². The minimum Gasteiger partial charge on any atom is -0.472 e. The van der Waals surface area contributed by atoms with Crippen LogP contribution in [0, 0.1) is 0 Å². The van der Waals surface area contributed by atoms with Gasteiger partial charge in [-0.3, -0.25) is 4.79 Å². The third-order valence-electron chi connectivity index (χ3n) is 2.62. The molecule has 1 heterocycles. The van der Waals surface area contributed by atoms with Gasteiger partial charge in [0.15, 0.2) is 0 Å². The average Bonchev–Trinajstić information content (AvgIpc) is 2.82. The number of amides is 1. The fourth-order valence-electron chi connectivity index (χ4n) is 1.76. The summed E-state index contributed by atoms with van der Waals surface area (Å²) >= 11 is 5.97. The topological polar surface area (TPSA) is 42.2 Å². The fourth-order valence-corrected chi connectivity index (χ4v) is 1.98. The van der Waals surface area contributed by atoms with Crippen molar-refractivity contribution in [2.75, 3.05) is 0 Å². The predicted octanol–water partition coefficient (Wildman–Crippen LogP) is 3.29. The molecule has 18 heavy (non-hydrogen) atoms. The lowest BCUT2D eigenvalue weighted by molar-refractivity contribution is 0.0940. The molecule has 0 bridgehead atoms. The van der Waals surface area contributed by atoms with Crippen LogP contribution in [-0.4, -0.2) is 11.9 Å². The van der Waals surface area contributed by atoms with E-state index in [0.29, 0.717) is 10.6 Å². The zero-order valence-corrected chi connectivity index (χ0v) is 10.8. The van der Waals surface area contributed by atoms with E-state index in [-0.39, 0.29) is 11.9 Å². The Morgan fingerprint density at radius 2 is 2.17 bits per heavy atom. The summed E-state index contributed by atoms with van der Waals surface area (Å²) < 4.78 is 4.99. The lowest BCUT2D eigenvalue weighted by atomic mass is 10.1. The number of rotatable bonds is 4. The van der Waals surface area contributed by atoms with E-state index < -0.39 is 0 Å². The minimum atomic E-state index is -0.156. The first-order valence-electron chi connectivity index (χ1n) is 5.73. The van der Waals surface area contributed by atoms with Crippen LogP contribution in [0.25, 0.3) is 0 Å². The Labute approximate surface area is 111 Å². The fraction of sp³-hybridized carbons (Fsp3) is 0.214. The second kappa shape index (κ2) is 5.74. The summed E-state index contributed by atoms with van der Waals surface area (Å²) in [6.07, 6.45) is 4.03. The summed E-state index contributed by atoms with van der Waals surface area (Å²) in [5.74, 6) is -0.156. The largest absolute Gasteiger partial charge is 0.472 e. The van der Waals surface area contributed by atoms with E-state index in [0.717, 1.165) is 12.0 Å². The van der Waals surface area contributed by atoms with Crippen molar-refractivity contribution in [3.63, 3.8) is 0 Å². The van der Waals surface area contributed by atoms with Gasteiger partial charge in [-0.15, -0.1) is 0 Å². The molecule has 4 heteroatoms. The maximum absolute atomic E-state index is 12.0. The molecule has 1 atom stereocenters. The van der Waals surface area contributed by atoms with Gasteiger partial charge in [0, 0.05) is 6.04 Å². The van der Waals surface area contributed by atoms with Crippen LogP contribution in [0.4, 0.5) is 0 Å². The van der Waals surface area contributed by atoms with Crippen LogP contribution in [0.3, 0.4) is 0 Å². The molecule has 1 aromatic carbocycles. The van der Waals surface area contributed by atoms with Gasteiger partial charge < -0.3 is 9.73 Å². The van der Waals surface area contributed by atoms with Gasteiger partial charge in [-0.2, -0.15) is 0 Å². The molecule has 2 aromatic rings. The normalized spacial score (nSPS) is 12.1. The number of carbonyl (C=O) groups is 1. The van der Waals surface area contributed by atoms with Gasteiger partial charge in [-0.25, -0.2) is 0 Å². The van der Waals surface area contributed by atoms with E-state index in [1.165, 1.54) is 0 Å². The van der Waals surface area contributed by atoms with E-state index in [2.05, 4.69) is 5.32 Å². The summed E-state index contributed by atoms with van der Waals surface area (Å²) in [7, 11) is 0. The molecule has 2 rings (SSSR count). The molecule has 0 radical (unpaired) electrons. The number of hydrogen-bond acceptors (Lipinski definition) is 2. The van der Waals surface area contributed by atoms with Crippen molar-refractivity contribution in [3.05, 3.63) is 59.0 Å². The maximum Gasteiger partial charge on any atom is 0.253 e. The predicted molar refractivity (Wildman–Crippen MR) is 70.8 cm³/mol. The van der Waals surface area contributed by atoms with E-state index in [1.807, 2.05) is 13.0 Å². The van der Waals surface area contributed by atoms with Crippen molar-refractivity contribution >= 4 is 17.5 Å². The second-order valence-corrected chi connectivity index (χ2v) is 4.60. The summed E-state index contributed by atoms with van der Waals surface area (Å²) in [6.45, 7) is 1.95. The number of halogens is 1. The molecule has 0 aliphatic carbocycles. The van der Waals surface area contributed by atoms with Crippen molar-refractivity contribution in [2.45, 2.75) is 19.4 Å². The highest BCUT2D eigenvalue weighted by Gasteiger charge is 2.13. The molecule has 1 N–H and O–H groups in total. The monoisotopic (exact) mass is 263 g/mol. The number of benzene rings is 1. The van der Waals surface area contributed by atoms with E-state index in [4.69, 9.17) is 16.0 Å². The highest BCUT2D eigenvalue weighted by atomic mass is 35.5. The Hall–Kier alpha value is -1.74. The third-order valence-corrected chi connectivity index (χ3v) is 2.95. The highest BCUT2D eigenvalue weighted by molar-refractivity contribution is 6.33. The standard InChI is InChI=1S/C14H14ClNO2/c1-10(8-11-6-7-18-9-11)16-14(17)12-4-2-3-5-13(12)15/h2-7,9-10H,8H2,1H3,(H,16,17)/t10-/m1/s1. The molecule has 0 saturated heterocycles. The van der Waals surface area contributed by atoms with Gasteiger partial charge in [0.2, 0.25) is 0 Å².